The van der Waals surface area contributed by atoms with E-state index >= 15 is 0 Å². The van der Waals surface area contributed by atoms with Crippen molar-refractivity contribution in [3.8, 4) is 0 Å². The summed E-state index contributed by atoms with van der Waals surface area (Å²) in [5.74, 6) is 5.57. The maximum Gasteiger partial charge on any atom is 0.0300 e. The van der Waals surface area contributed by atoms with Gasteiger partial charge in [-0.15, -0.1) is 6.58 Å². The second kappa shape index (κ2) is 8.90. The Labute approximate surface area is 104 Å². The summed E-state index contributed by atoms with van der Waals surface area (Å²) in [7, 11) is 0. The van der Waals surface area contributed by atoms with E-state index in [0.29, 0.717) is 6.04 Å². The summed E-state index contributed by atoms with van der Waals surface area (Å²) in [6, 6.07) is 4.41. The highest BCUT2D eigenvalue weighted by Crippen LogP contribution is 2.09. The topological polar surface area (TPSA) is 50.9 Å². The molecule has 1 unspecified atom stereocenters. The van der Waals surface area contributed by atoms with Gasteiger partial charge in [-0.05, 0) is 37.3 Å². The molecule has 3 N–H and O–H groups in total. The molecule has 1 heterocycles. The SMILES string of the molecule is C=CCCCCCC(Cc1cccnc1)NN. The summed E-state index contributed by atoms with van der Waals surface area (Å²) >= 11 is 0. The number of pyridine rings is 1. The van der Waals surface area contributed by atoms with E-state index in [4.69, 9.17) is 5.84 Å². The van der Waals surface area contributed by atoms with Crippen LogP contribution in [0.1, 0.15) is 37.7 Å². The summed E-state index contributed by atoms with van der Waals surface area (Å²) in [6.07, 6.45) is 12.5. The first-order valence-electron chi connectivity index (χ1n) is 6.32. The number of nitrogens with zero attached hydrogens (tertiary/aromatic N) is 1. The van der Waals surface area contributed by atoms with Gasteiger partial charge in [0, 0.05) is 18.4 Å². The number of hydrogen-bond acceptors (Lipinski definition) is 3. The zero-order valence-electron chi connectivity index (χ0n) is 10.4. The van der Waals surface area contributed by atoms with E-state index in [9.17, 15) is 0 Å². The average molecular weight is 233 g/mol. The van der Waals surface area contributed by atoms with Crippen molar-refractivity contribution in [3.05, 3.63) is 42.7 Å². The van der Waals surface area contributed by atoms with E-state index in [1.807, 2.05) is 18.3 Å². The Balaban J connectivity index is 2.22. The van der Waals surface area contributed by atoms with Gasteiger partial charge in [-0.2, -0.15) is 0 Å². The van der Waals surface area contributed by atoms with Crippen LogP contribution in [0.15, 0.2) is 37.2 Å². The van der Waals surface area contributed by atoms with Gasteiger partial charge >= 0.3 is 0 Å². The van der Waals surface area contributed by atoms with Crippen molar-refractivity contribution in [2.75, 3.05) is 0 Å². The Kier molecular flexibility index (Phi) is 7.27. The van der Waals surface area contributed by atoms with Crippen LogP contribution in [-0.2, 0) is 6.42 Å². The van der Waals surface area contributed by atoms with E-state index in [1.54, 1.807) is 6.20 Å². The van der Waals surface area contributed by atoms with Gasteiger partial charge in [0.15, 0.2) is 0 Å². The van der Waals surface area contributed by atoms with Gasteiger partial charge < -0.3 is 0 Å². The van der Waals surface area contributed by atoms with Crippen LogP contribution in [0, 0.1) is 0 Å². The number of allylic oxidation sites excluding steroid dienone is 1. The van der Waals surface area contributed by atoms with E-state index < -0.39 is 0 Å². The molecule has 1 aromatic rings. The summed E-state index contributed by atoms with van der Waals surface area (Å²) < 4.78 is 0. The molecule has 3 heteroatoms. The van der Waals surface area contributed by atoms with Crippen molar-refractivity contribution in [2.45, 2.75) is 44.6 Å². The molecule has 3 nitrogen and oxygen atoms in total. The Morgan fingerprint density at radius 2 is 2.29 bits per heavy atom. The third-order valence-electron chi connectivity index (χ3n) is 2.90. The number of hydrogen-bond donors (Lipinski definition) is 2. The van der Waals surface area contributed by atoms with Crippen molar-refractivity contribution in [1.82, 2.24) is 10.4 Å². The smallest absolute Gasteiger partial charge is 0.0300 e. The van der Waals surface area contributed by atoms with Gasteiger partial charge in [0.2, 0.25) is 0 Å². The number of unbranched alkanes of at least 4 members (excludes halogenated alkanes) is 3. The zero-order chi connectivity index (χ0) is 12.3. The first-order valence-corrected chi connectivity index (χ1v) is 6.32. The van der Waals surface area contributed by atoms with Crippen LogP contribution in [0.2, 0.25) is 0 Å². The van der Waals surface area contributed by atoms with Crippen LogP contribution in [0.25, 0.3) is 0 Å². The van der Waals surface area contributed by atoms with Gasteiger partial charge in [-0.25, -0.2) is 0 Å². The molecule has 0 spiro atoms. The minimum atomic E-state index is 0.350. The fourth-order valence-electron chi connectivity index (χ4n) is 1.90. The lowest BCUT2D eigenvalue weighted by Gasteiger charge is -2.15. The lowest BCUT2D eigenvalue weighted by Crippen LogP contribution is -2.36. The molecule has 0 amide bonds. The minimum absolute atomic E-state index is 0.350. The fraction of sp³-hybridized carbons (Fsp3) is 0.500. The van der Waals surface area contributed by atoms with Crippen molar-refractivity contribution in [2.24, 2.45) is 5.84 Å². The third kappa shape index (κ3) is 6.19. The van der Waals surface area contributed by atoms with Crippen molar-refractivity contribution in [1.29, 1.82) is 0 Å². The zero-order valence-corrected chi connectivity index (χ0v) is 10.4. The Bertz CT molecular complexity index is 298. The van der Waals surface area contributed by atoms with Gasteiger partial charge in [-0.1, -0.05) is 25.0 Å². The molecule has 1 aromatic heterocycles. The molecule has 1 atom stereocenters. The predicted octanol–water partition coefficient (Wildman–Crippen LogP) is 2.59. The highest BCUT2D eigenvalue weighted by atomic mass is 15.2. The van der Waals surface area contributed by atoms with Crippen molar-refractivity contribution >= 4 is 0 Å². The standard InChI is InChI=1S/C14H23N3/c1-2-3-4-5-6-9-14(17-15)11-13-8-7-10-16-12-13/h2,7-8,10,12,14,17H,1,3-6,9,11,15H2. The lowest BCUT2D eigenvalue weighted by atomic mass is 10.0. The normalized spacial score (nSPS) is 12.3. The highest BCUT2D eigenvalue weighted by molar-refractivity contribution is 5.09. The summed E-state index contributed by atoms with van der Waals surface area (Å²) in [5.41, 5.74) is 4.13. The van der Waals surface area contributed by atoms with Crippen LogP contribution < -0.4 is 11.3 Å². The molecule has 0 fully saturated rings. The second-order valence-electron chi connectivity index (χ2n) is 4.36. The van der Waals surface area contributed by atoms with E-state index in [1.165, 1.54) is 24.8 Å². The molecule has 0 aliphatic carbocycles. The number of hydrazine groups is 1. The minimum Gasteiger partial charge on any atom is -0.271 e. The number of aromatic nitrogens is 1. The lowest BCUT2D eigenvalue weighted by molar-refractivity contribution is 0.464. The first kappa shape index (κ1) is 13.9. The van der Waals surface area contributed by atoms with Crippen LogP contribution >= 0.6 is 0 Å². The number of nitrogens with two attached hydrogens (primary N) is 1. The maximum absolute atomic E-state index is 5.57. The van der Waals surface area contributed by atoms with E-state index in [-0.39, 0.29) is 0 Å². The molecule has 0 aromatic carbocycles. The third-order valence-corrected chi connectivity index (χ3v) is 2.90. The van der Waals surface area contributed by atoms with E-state index in [0.717, 1.165) is 19.3 Å². The second-order valence-corrected chi connectivity index (χ2v) is 4.36. The molecular formula is C14H23N3. The van der Waals surface area contributed by atoms with Crippen LogP contribution in [0.5, 0.6) is 0 Å². The molecule has 94 valence electrons. The molecule has 0 bridgehead atoms. The Hall–Kier alpha value is -1.19. The van der Waals surface area contributed by atoms with Gasteiger partial charge in [0.25, 0.3) is 0 Å². The Morgan fingerprint density at radius 1 is 1.41 bits per heavy atom. The molecular weight excluding hydrogens is 210 g/mol. The van der Waals surface area contributed by atoms with Crippen LogP contribution in [0.3, 0.4) is 0 Å². The molecule has 17 heavy (non-hydrogen) atoms. The Morgan fingerprint density at radius 3 is 2.94 bits per heavy atom. The van der Waals surface area contributed by atoms with Crippen LogP contribution in [0.4, 0.5) is 0 Å². The molecule has 0 aliphatic rings. The quantitative estimate of drug-likeness (QED) is 0.298. The predicted molar refractivity (Wildman–Crippen MR) is 72.3 cm³/mol. The number of nitrogens with one attached hydrogen (secondary N) is 1. The maximum atomic E-state index is 5.57. The number of rotatable bonds is 9. The van der Waals surface area contributed by atoms with Gasteiger partial charge in [0.05, 0.1) is 0 Å². The van der Waals surface area contributed by atoms with Crippen molar-refractivity contribution < 1.29 is 0 Å². The van der Waals surface area contributed by atoms with Crippen LogP contribution in [-0.4, -0.2) is 11.0 Å². The monoisotopic (exact) mass is 233 g/mol. The summed E-state index contributed by atoms with van der Waals surface area (Å²) in [4.78, 5) is 4.11. The summed E-state index contributed by atoms with van der Waals surface area (Å²) in [6.45, 7) is 3.73. The molecule has 0 aliphatic heterocycles. The molecule has 0 radical (unpaired) electrons. The van der Waals surface area contributed by atoms with E-state index in [2.05, 4.69) is 23.1 Å². The summed E-state index contributed by atoms with van der Waals surface area (Å²) in [5, 5.41) is 0. The largest absolute Gasteiger partial charge is 0.271 e. The van der Waals surface area contributed by atoms with Gasteiger partial charge in [0.1, 0.15) is 0 Å². The molecule has 1 rings (SSSR count). The van der Waals surface area contributed by atoms with Crippen molar-refractivity contribution in [3.63, 3.8) is 0 Å². The highest BCUT2D eigenvalue weighted by Gasteiger charge is 2.07. The first-order chi connectivity index (χ1) is 8.36. The molecule has 0 saturated heterocycles. The van der Waals surface area contributed by atoms with Gasteiger partial charge in [-0.3, -0.25) is 16.3 Å². The fourth-order valence-corrected chi connectivity index (χ4v) is 1.90. The molecule has 0 saturated carbocycles. The average Bonchev–Trinajstić information content (AvgIpc) is 2.38.